The van der Waals surface area contributed by atoms with Gasteiger partial charge in [-0.1, -0.05) is 32.6 Å². The number of nitrogens with zero attached hydrogens (tertiary/aromatic N) is 3. The van der Waals surface area contributed by atoms with Crippen molar-refractivity contribution in [2.45, 2.75) is 70.8 Å². The summed E-state index contributed by atoms with van der Waals surface area (Å²) in [4.78, 5) is 2.19. The van der Waals surface area contributed by atoms with Crippen LogP contribution >= 0.6 is 0 Å². The molecule has 0 aromatic rings. The quantitative estimate of drug-likeness (QED) is 0.680. The van der Waals surface area contributed by atoms with E-state index in [9.17, 15) is 0 Å². The second kappa shape index (κ2) is 7.90. The van der Waals surface area contributed by atoms with Gasteiger partial charge in [0.2, 0.25) is 0 Å². The average Bonchev–Trinajstić information content (AvgIpc) is 3.03. The van der Waals surface area contributed by atoms with Gasteiger partial charge in [-0.05, 0) is 62.0 Å². The molecule has 3 atom stereocenters. The summed E-state index contributed by atoms with van der Waals surface area (Å²) in [6, 6.07) is 0.301. The van der Waals surface area contributed by atoms with Crippen LogP contribution in [0.1, 0.15) is 64.7 Å². The van der Waals surface area contributed by atoms with Gasteiger partial charge in [0.25, 0.3) is 0 Å². The summed E-state index contributed by atoms with van der Waals surface area (Å²) in [6.45, 7) is 4.00. The van der Waals surface area contributed by atoms with Crippen LogP contribution in [0.5, 0.6) is 0 Å². The smallest absolute Gasteiger partial charge is 0.0981 e. The van der Waals surface area contributed by atoms with Gasteiger partial charge in [-0.25, -0.2) is 0 Å². The zero-order valence-electron chi connectivity index (χ0n) is 15.5. The Balaban J connectivity index is 1.69. The van der Waals surface area contributed by atoms with Crippen molar-refractivity contribution in [3.8, 4) is 0 Å². The molecule has 3 rings (SSSR count). The van der Waals surface area contributed by atoms with E-state index in [1.54, 1.807) is 0 Å². The Morgan fingerprint density at radius 2 is 2.08 bits per heavy atom. The van der Waals surface area contributed by atoms with Crippen LogP contribution in [0, 0.1) is 22.7 Å². The highest BCUT2D eigenvalue weighted by Crippen LogP contribution is 2.55. The predicted octanol–water partition coefficient (Wildman–Crippen LogP) is 5.06. The zero-order valence-corrected chi connectivity index (χ0v) is 15.5. The van der Waals surface area contributed by atoms with Crippen LogP contribution in [0.3, 0.4) is 0 Å². The van der Waals surface area contributed by atoms with Gasteiger partial charge in [0.05, 0.1) is 12.2 Å². The fourth-order valence-electron chi connectivity index (χ4n) is 5.68. The van der Waals surface area contributed by atoms with Gasteiger partial charge < -0.3 is 5.41 Å². The molecule has 3 aliphatic rings. The van der Waals surface area contributed by atoms with Crippen molar-refractivity contribution >= 4 is 6.21 Å². The van der Waals surface area contributed by atoms with Crippen LogP contribution in [-0.4, -0.2) is 37.3 Å². The molecule has 0 aromatic carbocycles. The third-order valence-corrected chi connectivity index (χ3v) is 6.86. The number of likely N-dealkylation sites (N-methyl/N-ethyl adjacent to an activating group) is 1. The van der Waals surface area contributed by atoms with Crippen molar-refractivity contribution in [3.05, 3.63) is 11.8 Å². The molecular formula is C20H34N4. The zero-order chi connectivity index (χ0) is 17.0. The molecule has 0 aromatic heterocycles. The fourth-order valence-corrected chi connectivity index (χ4v) is 5.68. The minimum Gasteiger partial charge on any atom is -0.312 e. The molecule has 134 valence electrons. The van der Waals surface area contributed by atoms with E-state index in [-0.39, 0.29) is 0 Å². The molecule has 1 aliphatic heterocycles. The lowest BCUT2D eigenvalue weighted by atomic mass is 9.55. The molecule has 1 unspecified atom stereocenters. The minimum atomic E-state index is 0.301. The van der Waals surface area contributed by atoms with Gasteiger partial charge in [0, 0.05) is 19.3 Å². The van der Waals surface area contributed by atoms with Crippen LogP contribution in [-0.2, 0) is 0 Å². The molecule has 2 saturated carbocycles. The van der Waals surface area contributed by atoms with Gasteiger partial charge in [-0.15, -0.1) is 0 Å². The first-order valence-corrected chi connectivity index (χ1v) is 9.95. The Hall–Kier alpha value is -1.03. The van der Waals surface area contributed by atoms with Crippen molar-refractivity contribution < 1.29 is 0 Å². The lowest BCUT2D eigenvalue weighted by Crippen LogP contribution is -2.42. The highest BCUT2D eigenvalue weighted by Gasteiger charge is 2.46. The summed E-state index contributed by atoms with van der Waals surface area (Å²) >= 11 is 0. The van der Waals surface area contributed by atoms with Crippen molar-refractivity contribution in [1.82, 2.24) is 4.90 Å². The van der Waals surface area contributed by atoms with Crippen LogP contribution < -0.4 is 0 Å². The van der Waals surface area contributed by atoms with Gasteiger partial charge in [-0.3, -0.25) is 4.90 Å². The maximum absolute atomic E-state index is 7.29. The minimum absolute atomic E-state index is 0.301. The molecule has 0 bridgehead atoms. The summed E-state index contributed by atoms with van der Waals surface area (Å²) in [5.41, 5.74) is 1.96. The van der Waals surface area contributed by atoms with E-state index in [4.69, 9.17) is 5.41 Å². The molecule has 1 heterocycles. The van der Waals surface area contributed by atoms with Crippen LogP contribution in [0.15, 0.2) is 22.0 Å². The Bertz CT molecular complexity index is 490. The van der Waals surface area contributed by atoms with Crippen LogP contribution in [0.4, 0.5) is 0 Å². The number of rotatable bonds is 6. The maximum Gasteiger partial charge on any atom is 0.0981 e. The third kappa shape index (κ3) is 3.63. The normalized spacial score (nSPS) is 32.3. The predicted molar refractivity (Wildman–Crippen MR) is 99.6 cm³/mol. The fraction of sp³-hybridized carbons (Fsp3) is 0.850. The average molecular weight is 331 g/mol. The van der Waals surface area contributed by atoms with Gasteiger partial charge >= 0.3 is 0 Å². The number of hydrogen-bond donors (Lipinski definition) is 1. The number of nitrogens with one attached hydrogen (secondary N) is 1. The first-order valence-electron chi connectivity index (χ1n) is 9.95. The molecule has 1 N–H and O–H groups in total. The maximum atomic E-state index is 7.29. The van der Waals surface area contributed by atoms with Gasteiger partial charge in [-0.2, -0.15) is 10.2 Å². The molecule has 0 saturated heterocycles. The monoisotopic (exact) mass is 330 g/mol. The topological polar surface area (TPSA) is 51.8 Å². The highest BCUT2D eigenvalue weighted by atomic mass is 15.2. The SMILES string of the molecule is CC[C@@H]1CC[C@@H](C2N=NC=C2CN(C)CC=N)CC12CCCCC2. The van der Waals surface area contributed by atoms with E-state index in [2.05, 4.69) is 29.1 Å². The van der Waals surface area contributed by atoms with Crippen molar-refractivity contribution in [3.63, 3.8) is 0 Å². The molecule has 4 heteroatoms. The second-order valence-electron chi connectivity index (χ2n) is 8.35. The first kappa shape index (κ1) is 17.8. The van der Waals surface area contributed by atoms with Gasteiger partial charge in [0.15, 0.2) is 0 Å². The molecule has 0 radical (unpaired) electrons. The van der Waals surface area contributed by atoms with E-state index in [1.807, 2.05) is 6.20 Å². The number of hydrogen-bond acceptors (Lipinski definition) is 4. The number of azo groups is 1. The van der Waals surface area contributed by atoms with E-state index in [0.29, 0.717) is 23.9 Å². The van der Waals surface area contributed by atoms with Crippen molar-refractivity contribution in [1.29, 1.82) is 5.41 Å². The second-order valence-corrected chi connectivity index (χ2v) is 8.35. The molecular weight excluding hydrogens is 296 g/mol. The largest absolute Gasteiger partial charge is 0.312 e. The molecule has 0 amide bonds. The molecule has 24 heavy (non-hydrogen) atoms. The van der Waals surface area contributed by atoms with Crippen LogP contribution in [0.25, 0.3) is 0 Å². The Kier molecular flexibility index (Phi) is 5.85. The molecule has 2 fully saturated rings. The highest BCUT2D eigenvalue weighted by molar-refractivity contribution is 5.55. The molecule has 4 nitrogen and oxygen atoms in total. The summed E-state index contributed by atoms with van der Waals surface area (Å²) in [5, 5.41) is 16.2. The Labute approximate surface area is 147 Å². The van der Waals surface area contributed by atoms with Crippen molar-refractivity contribution in [2.24, 2.45) is 27.5 Å². The molecule has 2 aliphatic carbocycles. The standard InChI is InChI=1S/C20H34N4/c1-3-18-8-7-16(13-20(18)9-5-4-6-10-20)19-17(14-22-23-19)15-24(2)12-11-21/h11,14,16,18-19,21H,3-10,12-13,15H2,1-2H3/t16-,18-,19?/m1/s1. The van der Waals surface area contributed by atoms with E-state index < -0.39 is 0 Å². The van der Waals surface area contributed by atoms with Gasteiger partial charge in [0.1, 0.15) is 0 Å². The molecule has 1 spiro atoms. The summed E-state index contributed by atoms with van der Waals surface area (Å²) < 4.78 is 0. The lowest BCUT2D eigenvalue weighted by Gasteiger charge is -2.50. The van der Waals surface area contributed by atoms with Crippen LogP contribution in [0.2, 0.25) is 0 Å². The first-order chi connectivity index (χ1) is 11.7. The van der Waals surface area contributed by atoms with E-state index in [1.165, 1.54) is 69.6 Å². The summed E-state index contributed by atoms with van der Waals surface area (Å²) in [7, 11) is 2.08. The lowest BCUT2D eigenvalue weighted by molar-refractivity contribution is 0.0130. The van der Waals surface area contributed by atoms with E-state index in [0.717, 1.165) is 12.5 Å². The summed E-state index contributed by atoms with van der Waals surface area (Å²) in [5.74, 6) is 1.61. The van der Waals surface area contributed by atoms with E-state index >= 15 is 0 Å². The third-order valence-electron chi connectivity index (χ3n) is 6.86. The Morgan fingerprint density at radius 3 is 2.79 bits per heavy atom. The summed E-state index contributed by atoms with van der Waals surface area (Å²) in [6.07, 6.45) is 16.1. The van der Waals surface area contributed by atoms with Crippen molar-refractivity contribution in [2.75, 3.05) is 20.1 Å². The Morgan fingerprint density at radius 1 is 1.29 bits per heavy atom.